The highest BCUT2D eigenvalue weighted by atomic mass is 79.9. The predicted molar refractivity (Wildman–Crippen MR) is 81.6 cm³/mol. The van der Waals surface area contributed by atoms with Gasteiger partial charge in [0.25, 0.3) is 0 Å². The van der Waals surface area contributed by atoms with E-state index in [2.05, 4.69) is 35.8 Å². The largest absolute Gasteiger partial charge is 0.383 e. The number of nitrogens with one attached hydrogen (secondary N) is 1. The molecule has 0 saturated carbocycles. The topological polar surface area (TPSA) is 52.0 Å². The molecule has 0 atom stereocenters. The number of aryl methyl sites for hydroxylation is 1. The number of aromatic nitrogens is 3. The summed E-state index contributed by atoms with van der Waals surface area (Å²) in [6.07, 6.45) is 3.73. The van der Waals surface area contributed by atoms with Crippen LogP contribution in [0.5, 0.6) is 0 Å². The lowest BCUT2D eigenvalue weighted by Crippen LogP contribution is -2.21. The van der Waals surface area contributed by atoms with Gasteiger partial charge in [0.1, 0.15) is 5.82 Å². The van der Waals surface area contributed by atoms with Crippen LogP contribution in [0.1, 0.15) is 17.2 Å². The van der Waals surface area contributed by atoms with E-state index in [0.29, 0.717) is 6.61 Å². The molecule has 0 saturated heterocycles. The van der Waals surface area contributed by atoms with Crippen molar-refractivity contribution in [2.75, 3.05) is 20.3 Å². The second-order valence-electron chi connectivity index (χ2n) is 4.52. The van der Waals surface area contributed by atoms with Crippen molar-refractivity contribution in [2.24, 2.45) is 0 Å². The van der Waals surface area contributed by atoms with Crippen LogP contribution >= 0.6 is 15.9 Å². The standard InChI is InChI=1S/C14H19BrN4O/c1-11-17-9-14(8-16-5-6-20-2)19(11)10-13-4-3-12(15)7-18-13/h3-4,7,9,16H,5-6,8,10H2,1-2H3. The highest BCUT2D eigenvalue weighted by molar-refractivity contribution is 9.10. The molecular weight excluding hydrogens is 320 g/mol. The molecule has 2 aromatic heterocycles. The second kappa shape index (κ2) is 7.52. The monoisotopic (exact) mass is 338 g/mol. The van der Waals surface area contributed by atoms with Gasteiger partial charge in [0, 0.05) is 37.1 Å². The number of hydrogen-bond acceptors (Lipinski definition) is 4. The zero-order valence-electron chi connectivity index (χ0n) is 11.8. The molecule has 0 amide bonds. The molecule has 0 aliphatic rings. The number of pyridine rings is 1. The normalized spacial score (nSPS) is 10.9. The van der Waals surface area contributed by atoms with Gasteiger partial charge in [-0.25, -0.2) is 4.98 Å². The first kappa shape index (κ1) is 15.2. The van der Waals surface area contributed by atoms with Gasteiger partial charge < -0.3 is 14.6 Å². The molecular formula is C14H19BrN4O. The number of imidazole rings is 1. The van der Waals surface area contributed by atoms with E-state index in [1.807, 2.05) is 31.5 Å². The van der Waals surface area contributed by atoms with Crippen LogP contribution in [0.4, 0.5) is 0 Å². The van der Waals surface area contributed by atoms with E-state index in [1.54, 1.807) is 7.11 Å². The maximum absolute atomic E-state index is 5.02. The van der Waals surface area contributed by atoms with Crippen LogP contribution in [-0.4, -0.2) is 34.8 Å². The van der Waals surface area contributed by atoms with E-state index in [-0.39, 0.29) is 0 Å². The van der Waals surface area contributed by atoms with E-state index >= 15 is 0 Å². The van der Waals surface area contributed by atoms with Gasteiger partial charge >= 0.3 is 0 Å². The summed E-state index contributed by atoms with van der Waals surface area (Å²) in [5.41, 5.74) is 2.18. The average molecular weight is 339 g/mol. The number of hydrogen-bond donors (Lipinski definition) is 1. The quantitative estimate of drug-likeness (QED) is 0.786. The molecule has 0 bridgehead atoms. The summed E-state index contributed by atoms with van der Waals surface area (Å²) < 4.78 is 8.19. The highest BCUT2D eigenvalue weighted by Crippen LogP contribution is 2.11. The molecule has 0 aliphatic heterocycles. The first-order valence-corrected chi connectivity index (χ1v) is 7.31. The van der Waals surface area contributed by atoms with Gasteiger partial charge in [-0.2, -0.15) is 0 Å². The summed E-state index contributed by atoms with van der Waals surface area (Å²) in [6.45, 7) is 5.07. The van der Waals surface area contributed by atoms with Gasteiger partial charge in [-0.1, -0.05) is 0 Å². The summed E-state index contributed by atoms with van der Waals surface area (Å²) >= 11 is 3.40. The van der Waals surface area contributed by atoms with Crippen molar-refractivity contribution >= 4 is 15.9 Å². The fourth-order valence-electron chi connectivity index (χ4n) is 1.92. The third kappa shape index (κ3) is 4.13. The SMILES string of the molecule is COCCNCc1cnc(C)n1Cc1ccc(Br)cn1. The van der Waals surface area contributed by atoms with Gasteiger partial charge in [-0.15, -0.1) is 0 Å². The molecule has 0 spiro atoms. The maximum atomic E-state index is 5.02. The molecule has 1 N–H and O–H groups in total. The molecule has 108 valence electrons. The molecule has 0 radical (unpaired) electrons. The number of nitrogens with zero attached hydrogens (tertiary/aromatic N) is 3. The van der Waals surface area contributed by atoms with Crippen LogP contribution in [0.25, 0.3) is 0 Å². The number of ether oxygens (including phenoxy) is 1. The van der Waals surface area contributed by atoms with Crippen molar-refractivity contribution in [3.63, 3.8) is 0 Å². The van der Waals surface area contributed by atoms with Crippen LogP contribution in [-0.2, 0) is 17.8 Å². The summed E-state index contributed by atoms with van der Waals surface area (Å²) in [5, 5.41) is 3.34. The predicted octanol–water partition coefficient (Wildman–Crippen LogP) is 2.13. The van der Waals surface area contributed by atoms with Crippen molar-refractivity contribution in [3.8, 4) is 0 Å². The van der Waals surface area contributed by atoms with Gasteiger partial charge in [0.2, 0.25) is 0 Å². The van der Waals surface area contributed by atoms with Crippen LogP contribution < -0.4 is 5.32 Å². The van der Waals surface area contributed by atoms with Gasteiger partial charge in [0.15, 0.2) is 0 Å². The molecule has 0 fully saturated rings. The van der Waals surface area contributed by atoms with Gasteiger partial charge in [0.05, 0.1) is 24.5 Å². The molecule has 5 nitrogen and oxygen atoms in total. The number of rotatable bonds is 7. The summed E-state index contributed by atoms with van der Waals surface area (Å²) in [7, 11) is 1.70. The van der Waals surface area contributed by atoms with Crippen LogP contribution in [0.15, 0.2) is 29.0 Å². The molecule has 0 aromatic carbocycles. The fourth-order valence-corrected chi connectivity index (χ4v) is 2.16. The molecule has 2 heterocycles. The highest BCUT2D eigenvalue weighted by Gasteiger charge is 2.07. The minimum absolute atomic E-state index is 0.710. The van der Waals surface area contributed by atoms with Crippen molar-refractivity contribution < 1.29 is 4.74 Å². The molecule has 0 unspecified atom stereocenters. The Morgan fingerprint density at radius 2 is 2.15 bits per heavy atom. The summed E-state index contributed by atoms with van der Waals surface area (Å²) in [5.74, 6) is 0.998. The van der Waals surface area contributed by atoms with E-state index in [1.165, 1.54) is 0 Å². The first-order chi connectivity index (χ1) is 9.70. The fraction of sp³-hybridized carbons (Fsp3) is 0.429. The number of halogens is 1. The number of methoxy groups -OCH3 is 1. The Labute approximate surface area is 127 Å². The van der Waals surface area contributed by atoms with Crippen LogP contribution in [0, 0.1) is 6.92 Å². The zero-order valence-corrected chi connectivity index (χ0v) is 13.4. The van der Waals surface area contributed by atoms with Crippen molar-refractivity contribution in [1.82, 2.24) is 19.9 Å². The Kier molecular flexibility index (Phi) is 5.70. The van der Waals surface area contributed by atoms with E-state index < -0.39 is 0 Å². The lowest BCUT2D eigenvalue weighted by atomic mass is 10.3. The first-order valence-electron chi connectivity index (χ1n) is 6.52. The van der Waals surface area contributed by atoms with Crippen molar-refractivity contribution in [1.29, 1.82) is 0 Å². The molecule has 2 rings (SSSR count). The average Bonchev–Trinajstić information content (AvgIpc) is 2.79. The lowest BCUT2D eigenvalue weighted by Gasteiger charge is -2.11. The summed E-state index contributed by atoms with van der Waals surface area (Å²) in [6, 6.07) is 4.02. The van der Waals surface area contributed by atoms with Gasteiger partial charge in [-0.05, 0) is 35.0 Å². The maximum Gasteiger partial charge on any atom is 0.106 e. The van der Waals surface area contributed by atoms with E-state index in [9.17, 15) is 0 Å². The Hall–Kier alpha value is -1.24. The van der Waals surface area contributed by atoms with Gasteiger partial charge in [-0.3, -0.25) is 4.98 Å². The summed E-state index contributed by atoms with van der Waals surface area (Å²) in [4.78, 5) is 8.79. The Bertz CT molecular complexity index is 539. The molecule has 0 aliphatic carbocycles. The van der Waals surface area contributed by atoms with Crippen molar-refractivity contribution in [3.05, 3.63) is 46.2 Å². The Morgan fingerprint density at radius 3 is 2.85 bits per heavy atom. The van der Waals surface area contributed by atoms with E-state index in [0.717, 1.165) is 41.3 Å². The second-order valence-corrected chi connectivity index (χ2v) is 5.44. The minimum atomic E-state index is 0.710. The third-order valence-corrected chi connectivity index (χ3v) is 3.50. The molecule has 6 heteroatoms. The van der Waals surface area contributed by atoms with Crippen molar-refractivity contribution in [2.45, 2.75) is 20.0 Å². The lowest BCUT2D eigenvalue weighted by molar-refractivity contribution is 0.199. The van der Waals surface area contributed by atoms with Crippen LogP contribution in [0.2, 0.25) is 0 Å². The zero-order chi connectivity index (χ0) is 14.4. The minimum Gasteiger partial charge on any atom is -0.383 e. The smallest absolute Gasteiger partial charge is 0.106 e. The Morgan fingerprint density at radius 1 is 1.30 bits per heavy atom. The van der Waals surface area contributed by atoms with Crippen LogP contribution in [0.3, 0.4) is 0 Å². The Balaban J connectivity index is 2.03. The van der Waals surface area contributed by atoms with E-state index in [4.69, 9.17) is 4.74 Å². The third-order valence-electron chi connectivity index (χ3n) is 3.04. The molecule has 2 aromatic rings. The molecule has 20 heavy (non-hydrogen) atoms.